The van der Waals surface area contributed by atoms with Crippen molar-refractivity contribution in [2.45, 2.75) is 57.0 Å². The van der Waals surface area contributed by atoms with Crippen molar-refractivity contribution < 1.29 is 38.8 Å². The van der Waals surface area contributed by atoms with Crippen LogP contribution in [0.25, 0.3) is 0 Å². The van der Waals surface area contributed by atoms with Crippen LogP contribution in [0.15, 0.2) is 23.8 Å². The van der Waals surface area contributed by atoms with Crippen molar-refractivity contribution in [2.24, 2.45) is 0 Å². The lowest BCUT2D eigenvalue weighted by atomic mass is 9.87. The van der Waals surface area contributed by atoms with E-state index in [1.54, 1.807) is 17.9 Å². The highest BCUT2D eigenvalue weighted by Crippen LogP contribution is 2.37. The molecule has 2 amide bonds. The predicted octanol–water partition coefficient (Wildman–Crippen LogP) is 1.45. The van der Waals surface area contributed by atoms with Gasteiger partial charge in [0.15, 0.2) is 11.5 Å². The molecule has 0 spiro atoms. The fourth-order valence-electron chi connectivity index (χ4n) is 4.47. The molecule has 0 saturated carbocycles. The maximum absolute atomic E-state index is 13.0. The van der Waals surface area contributed by atoms with Crippen LogP contribution in [0.5, 0.6) is 11.5 Å². The fourth-order valence-corrected chi connectivity index (χ4v) is 5.22. The van der Waals surface area contributed by atoms with E-state index in [1.807, 2.05) is 22.6 Å². The molecule has 36 heavy (non-hydrogen) atoms. The van der Waals surface area contributed by atoms with Crippen molar-refractivity contribution in [2.75, 3.05) is 33.4 Å². The molecule has 0 aromatic heterocycles. The van der Waals surface area contributed by atoms with Gasteiger partial charge in [0.05, 0.1) is 29.4 Å². The predicted molar refractivity (Wildman–Crippen MR) is 139 cm³/mol. The molecular weight excluding hydrogens is 583 g/mol. The molecule has 1 aliphatic heterocycles. The number of methoxy groups -OCH3 is 1. The van der Waals surface area contributed by atoms with E-state index < -0.39 is 24.2 Å². The SMILES string of the molecule is CCC(=O)N(CC1CCCO1)C1CC(C(=O)NCCO)=CC(Oc2c(I)cc(C=O)cc2OC)C1O. The van der Waals surface area contributed by atoms with Crippen LogP contribution in [0, 0.1) is 3.57 Å². The Hall–Kier alpha value is -2.22. The summed E-state index contributed by atoms with van der Waals surface area (Å²) < 4.78 is 17.9. The smallest absolute Gasteiger partial charge is 0.247 e. The Balaban J connectivity index is 1.97. The summed E-state index contributed by atoms with van der Waals surface area (Å²) in [6.07, 6.45) is 2.03. The van der Waals surface area contributed by atoms with Crippen molar-refractivity contribution in [3.8, 4) is 11.5 Å². The quantitative estimate of drug-likeness (QED) is 0.251. The van der Waals surface area contributed by atoms with Gasteiger partial charge in [0.2, 0.25) is 11.8 Å². The van der Waals surface area contributed by atoms with E-state index in [9.17, 15) is 19.5 Å². The van der Waals surface area contributed by atoms with Crippen LogP contribution in [0.4, 0.5) is 0 Å². The summed E-state index contributed by atoms with van der Waals surface area (Å²) in [5.41, 5.74) is 0.741. The Labute approximate surface area is 224 Å². The van der Waals surface area contributed by atoms with Gasteiger partial charge in [-0.25, -0.2) is 0 Å². The number of halogens is 1. The summed E-state index contributed by atoms with van der Waals surface area (Å²) >= 11 is 2.01. The minimum atomic E-state index is -1.15. The standard InChI is InChI=1S/C25H33IN2O8/c1-3-22(31)28(13-17-5-4-8-35-17)19-11-16(25(33)27-6-7-29)12-20(23(19)32)36-24-18(26)9-15(14-30)10-21(24)34-2/h9-10,12,14,17,19-20,23,29,32H,3-8,11,13H2,1-2H3,(H,27,33). The van der Waals surface area contributed by atoms with Crippen molar-refractivity contribution in [1.29, 1.82) is 0 Å². The first kappa shape index (κ1) is 28.4. The number of hydrogen-bond acceptors (Lipinski definition) is 8. The van der Waals surface area contributed by atoms with E-state index in [1.165, 1.54) is 19.3 Å². The molecule has 0 bridgehead atoms. The second-order valence-corrected chi connectivity index (χ2v) is 9.86. The molecule has 1 fully saturated rings. The van der Waals surface area contributed by atoms with Crippen LogP contribution in [0.3, 0.4) is 0 Å². The lowest BCUT2D eigenvalue weighted by Gasteiger charge is -2.41. The first-order valence-electron chi connectivity index (χ1n) is 12.0. The zero-order valence-corrected chi connectivity index (χ0v) is 22.6. The van der Waals surface area contributed by atoms with E-state index in [0.717, 1.165) is 12.8 Å². The summed E-state index contributed by atoms with van der Waals surface area (Å²) in [5, 5.41) is 23.2. The summed E-state index contributed by atoms with van der Waals surface area (Å²) in [6, 6.07) is 2.42. The van der Waals surface area contributed by atoms with Crippen LogP contribution in [0.1, 0.15) is 43.0 Å². The molecule has 1 aromatic carbocycles. The fraction of sp³-hybridized carbons (Fsp3) is 0.560. The van der Waals surface area contributed by atoms with Crippen molar-refractivity contribution >= 4 is 40.7 Å². The highest BCUT2D eigenvalue weighted by atomic mass is 127. The monoisotopic (exact) mass is 616 g/mol. The Morgan fingerprint density at radius 3 is 2.75 bits per heavy atom. The number of aldehydes is 1. The summed E-state index contributed by atoms with van der Waals surface area (Å²) in [6.45, 7) is 2.54. The minimum absolute atomic E-state index is 0.0707. The molecule has 10 nitrogen and oxygen atoms in total. The van der Waals surface area contributed by atoms with Gasteiger partial charge in [0.1, 0.15) is 18.5 Å². The molecule has 1 aliphatic carbocycles. The van der Waals surface area contributed by atoms with Crippen LogP contribution in [-0.2, 0) is 14.3 Å². The van der Waals surface area contributed by atoms with E-state index >= 15 is 0 Å². The lowest BCUT2D eigenvalue weighted by Crippen LogP contribution is -2.56. The summed E-state index contributed by atoms with van der Waals surface area (Å²) in [5.74, 6) is 0.0486. The molecule has 3 N–H and O–H groups in total. The largest absolute Gasteiger partial charge is 0.493 e. The summed E-state index contributed by atoms with van der Waals surface area (Å²) in [4.78, 5) is 38.7. The maximum atomic E-state index is 13.0. The molecule has 2 aliphatic rings. The molecule has 1 aromatic rings. The molecule has 0 radical (unpaired) electrons. The Morgan fingerprint density at radius 1 is 1.36 bits per heavy atom. The number of amides is 2. The van der Waals surface area contributed by atoms with Gasteiger partial charge in [0.25, 0.3) is 0 Å². The molecule has 11 heteroatoms. The third-order valence-corrected chi connectivity index (χ3v) is 7.10. The van der Waals surface area contributed by atoms with Crippen molar-refractivity contribution in [3.05, 3.63) is 32.9 Å². The number of aliphatic hydroxyl groups is 2. The first-order chi connectivity index (χ1) is 17.3. The van der Waals surface area contributed by atoms with Crippen LogP contribution in [-0.4, -0.2) is 91.0 Å². The second kappa shape index (κ2) is 13.4. The average molecular weight is 616 g/mol. The van der Waals surface area contributed by atoms with Crippen LogP contribution in [0.2, 0.25) is 0 Å². The summed E-state index contributed by atoms with van der Waals surface area (Å²) in [7, 11) is 1.44. The van der Waals surface area contributed by atoms with Gasteiger partial charge in [0, 0.05) is 43.7 Å². The second-order valence-electron chi connectivity index (χ2n) is 8.70. The van der Waals surface area contributed by atoms with E-state index in [2.05, 4.69) is 5.32 Å². The van der Waals surface area contributed by atoms with Gasteiger partial charge in [-0.15, -0.1) is 0 Å². The van der Waals surface area contributed by atoms with Crippen LogP contribution >= 0.6 is 22.6 Å². The Morgan fingerprint density at radius 2 is 2.14 bits per heavy atom. The Bertz CT molecular complexity index is 979. The zero-order valence-electron chi connectivity index (χ0n) is 20.4. The number of hydrogen-bond donors (Lipinski definition) is 3. The van der Waals surface area contributed by atoms with Crippen molar-refractivity contribution in [3.63, 3.8) is 0 Å². The normalized spacial score (nSPS) is 23.5. The number of rotatable bonds is 11. The number of aliphatic hydroxyl groups excluding tert-OH is 2. The van der Waals surface area contributed by atoms with E-state index in [0.29, 0.717) is 45.6 Å². The van der Waals surface area contributed by atoms with Gasteiger partial charge < -0.3 is 34.6 Å². The molecular formula is C25H33IN2O8. The van der Waals surface area contributed by atoms with Crippen molar-refractivity contribution in [1.82, 2.24) is 10.2 Å². The Kier molecular flexibility index (Phi) is 10.5. The highest BCUT2D eigenvalue weighted by molar-refractivity contribution is 14.1. The zero-order chi connectivity index (χ0) is 26.2. The molecule has 4 atom stereocenters. The first-order valence-corrected chi connectivity index (χ1v) is 13.1. The minimum Gasteiger partial charge on any atom is -0.493 e. The number of benzene rings is 1. The van der Waals surface area contributed by atoms with Gasteiger partial charge in [-0.3, -0.25) is 14.4 Å². The lowest BCUT2D eigenvalue weighted by molar-refractivity contribution is -0.140. The number of nitrogens with zero attached hydrogens (tertiary/aromatic N) is 1. The van der Waals surface area contributed by atoms with Gasteiger partial charge in [-0.2, -0.15) is 0 Å². The van der Waals surface area contributed by atoms with E-state index in [4.69, 9.17) is 19.3 Å². The number of nitrogens with one attached hydrogen (secondary N) is 1. The van der Waals surface area contributed by atoms with Gasteiger partial charge >= 0.3 is 0 Å². The third kappa shape index (κ3) is 6.75. The topological polar surface area (TPSA) is 135 Å². The molecule has 1 heterocycles. The molecule has 1 saturated heterocycles. The van der Waals surface area contributed by atoms with Gasteiger partial charge in [-0.05, 0) is 53.6 Å². The van der Waals surface area contributed by atoms with Gasteiger partial charge in [-0.1, -0.05) is 6.92 Å². The average Bonchev–Trinajstić information content (AvgIpc) is 3.40. The number of carbonyl (C=O) groups is 3. The highest BCUT2D eigenvalue weighted by Gasteiger charge is 2.41. The van der Waals surface area contributed by atoms with E-state index in [-0.39, 0.29) is 38.0 Å². The number of ether oxygens (including phenoxy) is 3. The maximum Gasteiger partial charge on any atom is 0.247 e. The van der Waals surface area contributed by atoms with Crippen LogP contribution < -0.4 is 14.8 Å². The molecule has 198 valence electrons. The molecule has 3 rings (SSSR count). The third-order valence-electron chi connectivity index (χ3n) is 6.30. The number of carbonyl (C=O) groups excluding carboxylic acids is 3. The molecule has 4 unspecified atom stereocenters.